The molecule has 0 bridgehead atoms. The van der Waals surface area contributed by atoms with Crippen molar-refractivity contribution in [2.75, 3.05) is 19.7 Å². The molecule has 1 unspecified atom stereocenters. The number of fused-ring (bicyclic) bond motifs is 1. The lowest BCUT2D eigenvalue weighted by molar-refractivity contribution is -0.0384. The van der Waals surface area contributed by atoms with Gasteiger partial charge in [-0.05, 0) is 50.0 Å². The molecule has 4 heterocycles. The van der Waals surface area contributed by atoms with Crippen molar-refractivity contribution in [3.05, 3.63) is 35.8 Å². The molecule has 1 aromatic heterocycles. The predicted octanol–water partition coefficient (Wildman–Crippen LogP) is 2.43. The Morgan fingerprint density at radius 1 is 1.23 bits per heavy atom. The first-order valence-electron chi connectivity index (χ1n) is 9.28. The van der Waals surface area contributed by atoms with E-state index in [1.807, 2.05) is 6.07 Å². The highest BCUT2D eigenvalue weighted by Gasteiger charge is 2.38. The van der Waals surface area contributed by atoms with Crippen LogP contribution in [0.5, 0.6) is 5.75 Å². The summed E-state index contributed by atoms with van der Waals surface area (Å²) in [6.45, 7) is 2.89. The summed E-state index contributed by atoms with van der Waals surface area (Å²) in [5, 5.41) is 21.4. The van der Waals surface area contributed by atoms with Gasteiger partial charge in [0.05, 0.1) is 23.2 Å². The largest absolute Gasteiger partial charge is 0.508 e. The lowest BCUT2D eigenvalue weighted by atomic mass is 9.88. The third-order valence-corrected chi connectivity index (χ3v) is 5.83. The number of aliphatic imine (C=N–C) groups is 1. The van der Waals surface area contributed by atoms with Gasteiger partial charge in [-0.1, -0.05) is 0 Å². The molecule has 0 aliphatic carbocycles. The topological polar surface area (TPSA) is 85.8 Å². The minimum Gasteiger partial charge on any atom is -0.508 e. The summed E-state index contributed by atoms with van der Waals surface area (Å²) in [4.78, 5) is 6.93. The van der Waals surface area contributed by atoms with Crippen LogP contribution in [-0.2, 0) is 4.74 Å². The van der Waals surface area contributed by atoms with Crippen LogP contribution >= 0.6 is 0 Å². The maximum atomic E-state index is 9.80. The lowest BCUT2D eigenvalue weighted by Crippen LogP contribution is -2.46. The Kier molecular flexibility index (Phi) is 3.63. The number of aromatic nitrogens is 2. The second kappa shape index (κ2) is 6.02. The quantitative estimate of drug-likeness (QED) is 0.772. The molecule has 2 saturated heterocycles. The van der Waals surface area contributed by atoms with Crippen molar-refractivity contribution in [3.63, 3.8) is 0 Å². The Morgan fingerprint density at radius 2 is 2.12 bits per heavy atom. The number of likely N-dealkylation sites (tertiary alicyclic amines) is 1. The van der Waals surface area contributed by atoms with Crippen LogP contribution in [0.15, 0.2) is 35.1 Å². The van der Waals surface area contributed by atoms with Crippen molar-refractivity contribution in [2.45, 2.75) is 37.3 Å². The van der Waals surface area contributed by atoms with Crippen molar-refractivity contribution in [1.82, 2.24) is 20.4 Å². The number of hydrogen-bond acceptors (Lipinski definition) is 6. The number of nitrogens with zero attached hydrogens (tertiary/aromatic N) is 3. The smallest absolute Gasteiger partial charge is 0.116 e. The van der Waals surface area contributed by atoms with Gasteiger partial charge in [-0.25, -0.2) is 0 Å². The Morgan fingerprint density at radius 3 is 2.92 bits per heavy atom. The highest BCUT2D eigenvalue weighted by atomic mass is 16.5. The fourth-order valence-electron chi connectivity index (χ4n) is 4.33. The minimum absolute atomic E-state index is 0.121. The number of nitrogens with one attached hydrogen (secondary N) is 2. The Labute approximate surface area is 151 Å². The van der Waals surface area contributed by atoms with Gasteiger partial charge in [0, 0.05) is 25.1 Å². The average molecular weight is 353 g/mol. The molecule has 5 rings (SSSR count). The zero-order valence-corrected chi connectivity index (χ0v) is 14.6. The summed E-state index contributed by atoms with van der Waals surface area (Å²) in [5.74, 6) is 1.32. The maximum Gasteiger partial charge on any atom is 0.116 e. The number of piperidine rings is 1. The number of benzene rings is 1. The molecule has 3 aliphatic rings. The minimum atomic E-state index is -0.142. The van der Waals surface area contributed by atoms with E-state index in [9.17, 15) is 5.11 Å². The highest BCUT2D eigenvalue weighted by molar-refractivity contribution is 5.83. The van der Waals surface area contributed by atoms with Crippen molar-refractivity contribution in [3.8, 4) is 5.75 Å². The molecule has 2 fully saturated rings. The van der Waals surface area contributed by atoms with E-state index in [2.05, 4.69) is 31.5 Å². The molecule has 26 heavy (non-hydrogen) atoms. The van der Waals surface area contributed by atoms with Crippen LogP contribution in [0.2, 0.25) is 0 Å². The molecule has 136 valence electrons. The second-order valence-electron chi connectivity index (χ2n) is 7.38. The molecule has 1 spiro atoms. The third-order valence-electron chi connectivity index (χ3n) is 5.83. The molecule has 0 amide bonds. The van der Waals surface area contributed by atoms with Crippen molar-refractivity contribution in [2.24, 2.45) is 4.99 Å². The van der Waals surface area contributed by atoms with Gasteiger partial charge in [0.2, 0.25) is 0 Å². The van der Waals surface area contributed by atoms with Crippen LogP contribution in [0.1, 0.15) is 37.4 Å². The SMILES string of the molecule is Oc1ccc2n[nH]c(C3C=C(N4CCC5(CCCO5)CC4)NC=N3)c2c1. The van der Waals surface area contributed by atoms with Gasteiger partial charge < -0.3 is 20.1 Å². The Balaban J connectivity index is 1.38. The molecule has 7 heteroatoms. The molecule has 2 aromatic rings. The number of phenolic OH excluding ortho intramolecular Hbond substituents is 1. The zero-order chi connectivity index (χ0) is 17.6. The summed E-state index contributed by atoms with van der Waals surface area (Å²) >= 11 is 0. The fourth-order valence-corrected chi connectivity index (χ4v) is 4.33. The normalized spacial score (nSPS) is 24.8. The van der Waals surface area contributed by atoms with Gasteiger partial charge in [-0.2, -0.15) is 5.10 Å². The number of ether oxygens (including phenoxy) is 1. The molecule has 0 radical (unpaired) electrons. The Hall–Kier alpha value is -2.54. The van der Waals surface area contributed by atoms with E-state index in [4.69, 9.17) is 4.74 Å². The molecule has 0 saturated carbocycles. The van der Waals surface area contributed by atoms with Crippen molar-refractivity contribution in [1.29, 1.82) is 0 Å². The maximum absolute atomic E-state index is 9.80. The van der Waals surface area contributed by atoms with Crippen molar-refractivity contribution < 1.29 is 9.84 Å². The number of H-pyrrole nitrogens is 1. The van der Waals surface area contributed by atoms with Crippen LogP contribution in [-0.4, -0.2) is 51.8 Å². The summed E-state index contributed by atoms with van der Waals surface area (Å²) in [7, 11) is 0. The van der Waals surface area contributed by atoms with E-state index in [0.29, 0.717) is 0 Å². The molecular weight excluding hydrogens is 330 g/mol. The van der Waals surface area contributed by atoms with E-state index in [1.165, 1.54) is 12.8 Å². The van der Waals surface area contributed by atoms with Crippen LogP contribution < -0.4 is 5.32 Å². The monoisotopic (exact) mass is 353 g/mol. The van der Waals surface area contributed by atoms with E-state index in [1.54, 1.807) is 18.5 Å². The van der Waals surface area contributed by atoms with Crippen LogP contribution in [0.3, 0.4) is 0 Å². The first kappa shape index (κ1) is 15.7. The number of aromatic hydroxyl groups is 1. The van der Waals surface area contributed by atoms with E-state index in [0.717, 1.165) is 55.0 Å². The zero-order valence-electron chi connectivity index (χ0n) is 14.6. The number of phenols is 1. The standard InChI is InChI=1S/C19H23N5O2/c25-13-2-3-15-14(10-13)18(23-22-15)16-11-17(21-12-20-16)24-7-5-19(6-8-24)4-1-9-26-19/h2-3,10-12,16,25H,1,4-9H2,(H,20,21)(H,22,23). The van der Waals surface area contributed by atoms with Gasteiger partial charge in [-0.3, -0.25) is 10.1 Å². The summed E-state index contributed by atoms with van der Waals surface area (Å²) in [6.07, 6.45) is 8.43. The average Bonchev–Trinajstić information content (AvgIpc) is 3.29. The van der Waals surface area contributed by atoms with Crippen LogP contribution in [0, 0.1) is 0 Å². The summed E-state index contributed by atoms with van der Waals surface area (Å²) in [5.41, 5.74) is 1.86. The number of rotatable bonds is 2. The Bertz CT molecular complexity index is 871. The molecular formula is C19H23N5O2. The van der Waals surface area contributed by atoms with E-state index in [-0.39, 0.29) is 17.4 Å². The molecule has 1 atom stereocenters. The number of hydrogen-bond donors (Lipinski definition) is 3. The lowest BCUT2D eigenvalue weighted by Gasteiger charge is -2.41. The number of aromatic amines is 1. The fraction of sp³-hybridized carbons (Fsp3) is 0.474. The summed E-state index contributed by atoms with van der Waals surface area (Å²) < 4.78 is 6.03. The van der Waals surface area contributed by atoms with Crippen LogP contribution in [0.4, 0.5) is 0 Å². The predicted molar refractivity (Wildman–Crippen MR) is 98.9 cm³/mol. The van der Waals surface area contributed by atoms with E-state index >= 15 is 0 Å². The molecule has 3 N–H and O–H groups in total. The molecule has 3 aliphatic heterocycles. The van der Waals surface area contributed by atoms with Gasteiger partial charge in [0.1, 0.15) is 17.6 Å². The highest BCUT2D eigenvalue weighted by Crippen LogP contribution is 2.37. The van der Waals surface area contributed by atoms with Gasteiger partial charge in [-0.15, -0.1) is 0 Å². The summed E-state index contributed by atoms with van der Waals surface area (Å²) in [6, 6.07) is 5.05. The van der Waals surface area contributed by atoms with Gasteiger partial charge in [0.25, 0.3) is 0 Å². The third kappa shape index (κ3) is 2.63. The second-order valence-corrected chi connectivity index (χ2v) is 7.38. The van der Waals surface area contributed by atoms with Crippen molar-refractivity contribution >= 4 is 17.2 Å². The van der Waals surface area contributed by atoms with Gasteiger partial charge in [0.15, 0.2) is 0 Å². The first-order valence-corrected chi connectivity index (χ1v) is 9.28. The van der Waals surface area contributed by atoms with E-state index < -0.39 is 0 Å². The molecule has 1 aromatic carbocycles. The van der Waals surface area contributed by atoms with Crippen LogP contribution in [0.25, 0.3) is 10.9 Å². The van der Waals surface area contributed by atoms with Gasteiger partial charge >= 0.3 is 0 Å². The molecule has 7 nitrogen and oxygen atoms in total. The first-order chi connectivity index (χ1) is 12.7.